The average molecular weight is 499 g/mol. The molecule has 0 radical (unpaired) electrons. The Balaban J connectivity index is 1.52. The SMILES string of the molecule is COC(=O)[C@]12Cc3cnn(-c4ccc(F)cc4)c3C=C1CCN(S(=O)(=O)c1ccc(OC)nc1)C2. The van der Waals surface area contributed by atoms with Crippen LogP contribution in [0.4, 0.5) is 4.39 Å². The fourth-order valence-electron chi connectivity index (χ4n) is 4.76. The number of sulfonamides is 1. The number of carbonyl (C=O) groups is 1. The molecule has 1 atom stereocenters. The first-order chi connectivity index (χ1) is 16.8. The van der Waals surface area contributed by atoms with E-state index in [-0.39, 0.29) is 30.2 Å². The van der Waals surface area contributed by atoms with E-state index in [1.54, 1.807) is 23.0 Å². The molecule has 35 heavy (non-hydrogen) atoms. The van der Waals surface area contributed by atoms with Crippen LogP contribution in [0.2, 0.25) is 0 Å². The van der Waals surface area contributed by atoms with E-state index in [2.05, 4.69) is 10.1 Å². The van der Waals surface area contributed by atoms with E-state index >= 15 is 0 Å². The molecule has 0 unspecified atom stereocenters. The summed E-state index contributed by atoms with van der Waals surface area (Å²) in [5, 5.41) is 4.45. The van der Waals surface area contributed by atoms with Crippen LogP contribution < -0.4 is 4.74 Å². The van der Waals surface area contributed by atoms with Gasteiger partial charge in [-0.1, -0.05) is 0 Å². The number of benzene rings is 1. The molecule has 1 aromatic carbocycles. The Morgan fingerprint density at radius 2 is 1.89 bits per heavy atom. The number of esters is 1. The maximum Gasteiger partial charge on any atom is 0.317 e. The van der Waals surface area contributed by atoms with Crippen LogP contribution in [0.3, 0.4) is 0 Å². The number of rotatable bonds is 5. The predicted molar refractivity (Wildman–Crippen MR) is 124 cm³/mol. The van der Waals surface area contributed by atoms with Crippen LogP contribution in [0.1, 0.15) is 17.7 Å². The quantitative estimate of drug-likeness (QED) is 0.498. The lowest BCUT2D eigenvalue weighted by Crippen LogP contribution is -2.53. The van der Waals surface area contributed by atoms with Crippen LogP contribution >= 0.6 is 0 Å². The minimum Gasteiger partial charge on any atom is -0.481 e. The van der Waals surface area contributed by atoms with E-state index < -0.39 is 21.4 Å². The maximum absolute atomic E-state index is 13.4. The molecule has 0 spiro atoms. The molecule has 11 heteroatoms. The van der Waals surface area contributed by atoms with Crippen molar-refractivity contribution >= 4 is 22.1 Å². The van der Waals surface area contributed by atoms with E-state index in [4.69, 9.17) is 9.47 Å². The molecule has 2 aromatic heterocycles. The number of hydrogen-bond acceptors (Lipinski definition) is 7. The molecule has 9 nitrogen and oxygen atoms in total. The Hall–Kier alpha value is -3.57. The molecule has 1 aliphatic carbocycles. The van der Waals surface area contributed by atoms with Gasteiger partial charge in [0.1, 0.15) is 16.1 Å². The summed E-state index contributed by atoms with van der Waals surface area (Å²) in [6.45, 7) is 0.125. The number of halogens is 1. The van der Waals surface area contributed by atoms with Gasteiger partial charge < -0.3 is 9.47 Å². The van der Waals surface area contributed by atoms with Gasteiger partial charge in [-0.25, -0.2) is 22.5 Å². The van der Waals surface area contributed by atoms with Crippen LogP contribution in [0.25, 0.3) is 11.8 Å². The number of nitrogens with zero attached hydrogens (tertiary/aromatic N) is 4. The highest BCUT2D eigenvalue weighted by Crippen LogP contribution is 2.46. The summed E-state index contributed by atoms with van der Waals surface area (Å²) in [4.78, 5) is 17.2. The summed E-state index contributed by atoms with van der Waals surface area (Å²) in [6.07, 6.45) is 5.35. The normalized spacial score (nSPS) is 19.9. The van der Waals surface area contributed by atoms with Gasteiger partial charge in [-0.3, -0.25) is 4.79 Å². The minimum absolute atomic E-state index is 0.0198. The van der Waals surface area contributed by atoms with Crippen LogP contribution in [0.15, 0.2) is 59.3 Å². The first-order valence-corrected chi connectivity index (χ1v) is 12.3. The van der Waals surface area contributed by atoms with E-state index in [0.29, 0.717) is 18.0 Å². The van der Waals surface area contributed by atoms with Crippen molar-refractivity contribution in [2.75, 3.05) is 27.3 Å². The Bertz CT molecular complexity index is 1420. The summed E-state index contributed by atoms with van der Waals surface area (Å²) in [5.74, 6) is -0.549. The molecule has 0 bridgehead atoms. The molecular weight excluding hydrogens is 475 g/mol. The lowest BCUT2D eigenvalue weighted by Gasteiger charge is -2.43. The number of methoxy groups -OCH3 is 2. The lowest BCUT2D eigenvalue weighted by molar-refractivity contribution is -0.151. The van der Waals surface area contributed by atoms with Crippen molar-refractivity contribution in [3.8, 4) is 11.6 Å². The van der Waals surface area contributed by atoms with E-state index in [0.717, 1.165) is 16.8 Å². The van der Waals surface area contributed by atoms with Crippen LogP contribution in [-0.2, 0) is 26.0 Å². The van der Waals surface area contributed by atoms with E-state index in [1.165, 1.54) is 49.0 Å². The smallest absolute Gasteiger partial charge is 0.317 e. The summed E-state index contributed by atoms with van der Waals surface area (Å²) in [6, 6.07) is 8.88. The molecule has 3 aromatic rings. The number of fused-ring (bicyclic) bond motifs is 2. The summed E-state index contributed by atoms with van der Waals surface area (Å²) in [7, 11) is -1.17. The summed E-state index contributed by atoms with van der Waals surface area (Å²) in [5.41, 5.74) is 1.83. The minimum atomic E-state index is -3.91. The van der Waals surface area contributed by atoms with Crippen molar-refractivity contribution in [2.45, 2.75) is 17.7 Å². The number of piperidine rings is 1. The number of aromatic nitrogens is 3. The van der Waals surface area contributed by atoms with Crippen molar-refractivity contribution in [3.63, 3.8) is 0 Å². The third-order valence-electron chi connectivity index (χ3n) is 6.58. The second kappa shape index (κ2) is 8.58. The lowest BCUT2D eigenvalue weighted by atomic mass is 9.69. The zero-order chi connectivity index (χ0) is 24.8. The molecule has 0 N–H and O–H groups in total. The van der Waals surface area contributed by atoms with Crippen molar-refractivity contribution in [1.82, 2.24) is 19.1 Å². The fourth-order valence-corrected chi connectivity index (χ4v) is 6.21. The molecule has 3 heterocycles. The summed E-state index contributed by atoms with van der Waals surface area (Å²) >= 11 is 0. The average Bonchev–Trinajstić information content (AvgIpc) is 3.29. The largest absolute Gasteiger partial charge is 0.481 e. The van der Waals surface area contributed by atoms with Gasteiger partial charge in [0.25, 0.3) is 0 Å². The van der Waals surface area contributed by atoms with Gasteiger partial charge in [-0.15, -0.1) is 0 Å². The van der Waals surface area contributed by atoms with E-state index in [1.807, 2.05) is 6.08 Å². The Morgan fingerprint density at radius 3 is 2.54 bits per heavy atom. The zero-order valence-electron chi connectivity index (χ0n) is 19.1. The van der Waals surface area contributed by atoms with Crippen molar-refractivity contribution in [2.24, 2.45) is 5.41 Å². The Kier molecular flexibility index (Phi) is 5.68. The predicted octanol–water partition coefficient (Wildman–Crippen LogP) is 2.61. The molecule has 1 aliphatic heterocycles. The topological polar surface area (TPSA) is 104 Å². The zero-order valence-corrected chi connectivity index (χ0v) is 20.0. The number of pyridine rings is 1. The Morgan fingerprint density at radius 1 is 1.11 bits per heavy atom. The highest BCUT2D eigenvalue weighted by Gasteiger charge is 2.51. The third kappa shape index (κ3) is 3.80. The van der Waals surface area contributed by atoms with Gasteiger partial charge in [0.15, 0.2) is 0 Å². The molecule has 0 saturated carbocycles. The molecule has 2 aliphatic rings. The first kappa shape index (κ1) is 23.2. The van der Waals surface area contributed by atoms with Gasteiger partial charge in [0.2, 0.25) is 15.9 Å². The summed E-state index contributed by atoms with van der Waals surface area (Å²) < 4.78 is 53.4. The third-order valence-corrected chi connectivity index (χ3v) is 8.41. The molecule has 1 saturated heterocycles. The highest BCUT2D eigenvalue weighted by molar-refractivity contribution is 7.89. The fraction of sp³-hybridized carbons (Fsp3) is 0.292. The molecule has 5 rings (SSSR count). The highest BCUT2D eigenvalue weighted by atomic mass is 32.2. The van der Waals surface area contributed by atoms with Crippen LogP contribution in [-0.4, -0.2) is 60.8 Å². The van der Waals surface area contributed by atoms with Gasteiger partial charge in [-0.2, -0.15) is 9.40 Å². The van der Waals surface area contributed by atoms with Crippen molar-refractivity contribution < 1.29 is 27.1 Å². The molecule has 182 valence electrons. The first-order valence-electron chi connectivity index (χ1n) is 10.9. The van der Waals surface area contributed by atoms with Crippen molar-refractivity contribution in [1.29, 1.82) is 0 Å². The maximum atomic E-state index is 13.4. The molecule has 0 amide bonds. The van der Waals surface area contributed by atoms with Crippen LogP contribution in [0.5, 0.6) is 5.88 Å². The van der Waals surface area contributed by atoms with E-state index in [9.17, 15) is 17.6 Å². The van der Waals surface area contributed by atoms with Crippen LogP contribution in [0, 0.1) is 11.2 Å². The van der Waals surface area contributed by atoms with Gasteiger partial charge >= 0.3 is 5.97 Å². The monoisotopic (exact) mass is 498 g/mol. The molecule has 1 fully saturated rings. The van der Waals surface area contributed by atoms with Gasteiger partial charge in [0, 0.05) is 19.2 Å². The molecular formula is C24H23FN4O5S. The standard InChI is InChI=1S/C24H23FN4O5S/c1-33-22-8-7-20(14-26-22)35(31,32)28-10-9-17-11-21-16(12-24(17,15-28)23(30)34-2)13-27-29(21)19-5-3-18(25)4-6-19/h3-8,11,13-14H,9-10,12,15H2,1-2H3/t24-/m0/s1. The number of ether oxygens (including phenoxy) is 2. The number of hydrogen-bond donors (Lipinski definition) is 0. The van der Waals surface area contributed by atoms with Gasteiger partial charge in [-0.05, 0) is 60.4 Å². The second-order valence-corrected chi connectivity index (χ2v) is 10.4. The Labute approximate surface area is 201 Å². The second-order valence-electron chi connectivity index (χ2n) is 8.49. The van der Waals surface area contributed by atoms with Gasteiger partial charge in [0.05, 0.1) is 38.0 Å². The number of carbonyl (C=O) groups excluding carboxylic acids is 1. The van der Waals surface area contributed by atoms with Crippen molar-refractivity contribution in [3.05, 3.63) is 71.4 Å².